The van der Waals surface area contributed by atoms with Crippen molar-refractivity contribution >= 4 is 5.91 Å². The van der Waals surface area contributed by atoms with Gasteiger partial charge in [-0.05, 0) is 19.4 Å². The number of amides is 1. The highest BCUT2D eigenvalue weighted by Crippen LogP contribution is 2.17. The first kappa shape index (κ1) is 15.0. The molecule has 1 aromatic rings. The Hall–Kier alpha value is -1.43. The lowest BCUT2D eigenvalue weighted by molar-refractivity contribution is -0.122. The summed E-state index contributed by atoms with van der Waals surface area (Å²) in [6.45, 7) is 4.29. The van der Waals surface area contributed by atoms with E-state index in [-0.39, 0.29) is 5.91 Å². The van der Waals surface area contributed by atoms with Crippen LogP contribution >= 0.6 is 0 Å². The van der Waals surface area contributed by atoms with Crippen LogP contribution in [0.25, 0.3) is 0 Å². The lowest BCUT2D eigenvalue weighted by atomic mass is 9.95. The van der Waals surface area contributed by atoms with Crippen molar-refractivity contribution < 1.29 is 4.79 Å². The second-order valence-electron chi connectivity index (χ2n) is 5.41. The van der Waals surface area contributed by atoms with E-state index in [4.69, 9.17) is 0 Å². The molecule has 6 heteroatoms. The molecule has 112 valence electrons. The van der Waals surface area contributed by atoms with E-state index in [0.29, 0.717) is 19.0 Å². The van der Waals surface area contributed by atoms with Crippen LogP contribution in [0.4, 0.5) is 0 Å². The summed E-state index contributed by atoms with van der Waals surface area (Å²) in [7, 11) is 0. The fourth-order valence-corrected chi connectivity index (χ4v) is 2.54. The fraction of sp³-hybridized carbons (Fsp3) is 0.786. The van der Waals surface area contributed by atoms with Crippen molar-refractivity contribution in [3.05, 3.63) is 11.9 Å². The summed E-state index contributed by atoms with van der Waals surface area (Å²) in [5, 5.41) is 14.4. The Bertz CT molecular complexity index is 411. The first-order chi connectivity index (χ1) is 9.78. The summed E-state index contributed by atoms with van der Waals surface area (Å²) in [5.74, 6) is 0.126. The van der Waals surface area contributed by atoms with E-state index in [1.54, 1.807) is 4.68 Å². The molecule has 0 aromatic carbocycles. The molecule has 1 aromatic heterocycles. The van der Waals surface area contributed by atoms with Gasteiger partial charge >= 0.3 is 0 Å². The van der Waals surface area contributed by atoms with Crippen molar-refractivity contribution in [2.45, 2.75) is 64.6 Å². The molecule has 0 spiro atoms. The minimum atomic E-state index is 0.126. The van der Waals surface area contributed by atoms with Crippen molar-refractivity contribution in [1.29, 1.82) is 0 Å². The number of aromatic nitrogens is 3. The molecule has 0 radical (unpaired) electrons. The van der Waals surface area contributed by atoms with Gasteiger partial charge in [-0.1, -0.05) is 31.4 Å². The van der Waals surface area contributed by atoms with Crippen LogP contribution in [0.1, 0.15) is 51.1 Å². The van der Waals surface area contributed by atoms with E-state index in [9.17, 15) is 4.79 Å². The maximum absolute atomic E-state index is 11.9. The third kappa shape index (κ3) is 4.92. The average molecular weight is 279 g/mol. The first-order valence-electron chi connectivity index (χ1n) is 7.67. The minimum Gasteiger partial charge on any atom is -0.353 e. The van der Waals surface area contributed by atoms with Gasteiger partial charge in [-0.25, -0.2) is 0 Å². The second kappa shape index (κ2) is 7.99. The lowest BCUT2D eigenvalue weighted by Crippen LogP contribution is -2.36. The molecule has 2 N–H and O–H groups in total. The van der Waals surface area contributed by atoms with Gasteiger partial charge in [-0.15, -0.1) is 5.10 Å². The standard InChI is InChI=1S/C14H25N5O/c1-2-15-10-13-11-19(18-17-13)9-8-14(20)16-12-6-4-3-5-7-12/h11-12,15H,2-10H2,1H3,(H,16,20). The van der Waals surface area contributed by atoms with Crippen LogP contribution < -0.4 is 10.6 Å². The van der Waals surface area contributed by atoms with Crippen molar-refractivity contribution in [3.8, 4) is 0 Å². The van der Waals surface area contributed by atoms with Crippen LogP contribution in [-0.2, 0) is 17.9 Å². The molecule has 0 bridgehead atoms. The molecule has 2 rings (SSSR count). The first-order valence-corrected chi connectivity index (χ1v) is 7.67. The molecule has 1 amide bonds. The summed E-state index contributed by atoms with van der Waals surface area (Å²) < 4.78 is 1.74. The molecular weight excluding hydrogens is 254 g/mol. The summed E-state index contributed by atoms with van der Waals surface area (Å²) in [4.78, 5) is 11.9. The zero-order valence-corrected chi connectivity index (χ0v) is 12.3. The van der Waals surface area contributed by atoms with Crippen LogP contribution in [0.15, 0.2) is 6.20 Å². The van der Waals surface area contributed by atoms with Gasteiger partial charge in [0.15, 0.2) is 0 Å². The molecular formula is C14H25N5O. The van der Waals surface area contributed by atoms with Gasteiger partial charge in [0.25, 0.3) is 0 Å². The monoisotopic (exact) mass is 279 g/mol. The fourth-order valence-electron chi connectivity index (χ4n) is 2.54. The number of nitrogens with one attached hydrogen (secondary N) is 2. The highest BCUT2D eigenvalue weighted by atomic mass is 16.1. The number of rotatable bonds is 7. The number of carbonyl (C=O) groups is 1. The van der Waals surface area contributed by atoms with E-state index < -0.39 is 0 Å². The van der Waals surface area contributed by atoms with E-state index in [1.165, 1.54) is 19.3 Å². The summed E-state index contributed by atoms with van der Waals surface area (Å²) in [5.41, 5.74) is 0.916. The van der Waals surface area contributed by atoms with Crippen LogP contribution in [-0.4, -0.2) is 33.5 Å². The molecule has 1 fully saturated rings. The topological polar surface area (TPSA) is 71.8 Å². The number of aryl methyl sites for hydroxylation is 1. The minimum absolute atomic E-state index is 0.126. The van der Waals surface area contributed by atoms with Crippen LogP contribution in [0.5, 0.6) is 0 Å². The Labute approximate surface area is 120 Å². The highest BCUT2D eigenvalue weighted by Gasteiger charge is 2.15. The number of carbonyl (C=O) groups excluding carboxylic acids is 1. The van der Waals surface area contributed by atoms with Gasteiger partial charge in [0.1, 0.15) is 0 Å². The predicted molar refractivity (Wildman–Crippen MR) is 77.0 cm³/mol. The van der Waals surface area contributed by atoms with Crippen LogP contribution in [0, 0.1) is 0 Å². The van der Waals surface area contributed by atoms with E-state index in [0.717, 1.165) is 31.6 Å². The molecule has 1 aliphatic carbocycles. The van der Waals surface area contributed by atoms with Gasteiger partial charge in [0, 0.05) is 25.2 Å². The van der Waals surface area contributed by atoms with Crippen LogP contribution in [0.3, 0.4) is 0 Å². The van der Waals surface area contributed by atoms with Crippen molar-refractivity contribution in [1.82, 2.24) is 25.6 Å². The Kier molecular flexibility index (Phi) is 5.98. The molecule has 20 heavy (non-hydrogen) atoms. The lowest BCUT2D eigenvalue weighted by Gasteiger charge is -2.22. The van der Waals surface area contributed by atoms with Gasteiger partial charge in [-0.3, -0.25) is 9.48 Å². The SMILES string of the molecule is CCNCc1cn(CCC(=O)NC2CCCCC2)nn1. The molecule has 1 aliphatic rings. The van der Waals surface area contributed by atoms with E-state index in [2.05, 4.69) is 27.9 Å². The van der Waals surface area contributed by atoms with Crippen LogP contribution in [0.2, 0.25) is 0 Å². The summed E-state index contributed by atoms with van der Waals surface area (Å²) in [6.07, 6.45) is 8.41. The van der Waals surface area contributed by atoms with E-state index in [1.807, 2.05) is 6.20 Å². The normalized spacial score (nSPS) is 16.2. The van der Waals surface area contributed by atoms with Crippen molar-refractivity contribution in [2.24, 2.45) is 0 Å². The van der Waals surface area contributed by atoms with Gasteiger partial charge in [0.05, 0.1) is 12.2 Å². The highest BCUT2D eigenvalue weighted by molar-refractivity contribution is 5.76. The Morgan fingerprint density at radius 2 is 2.20 bits per heavy atom. The Morgan fingerprint density at radius 1 is 1.40 bits per heavy atom. The zero-order chi connectivity index (χ0) is 14.2. The van der Waals surface area contributed by atoms with Gasteiger partial charge in [0.2, 0.25) is 5.91 Å². The third-order valence-corrected chi connectivity index (χ3v) is 3.68. The number of nitrogens with zero attached hydrogens (tertiary/aromatic N) is 3. The third-order valence-electron chi connectivity index (χ3n) is 3.68. The number of hydrogen-bond acceptors (Lipinski definition) is 4. The quantitative estimate of drug-likeness (QED) is 0.787. The molecule has 0 atom stereocenters. The van der Waals surface area contributed by atoms with Gasteiger partial charge < -0.3 is 10.6 Å². The molecule has 0 unspecified atom stereocenters. The molecule has 6 nitrogen and oxygen atoms in total. The molecule has 0 aliphatic heterocycles. The second-order valence-corrected chi connectivity index (χ2v) is 5.41. The van der Waals surface area contributed by atoms with Gasteiger partial charge in [-0.2, -0.15) is 0 Å². The van der Waals surface area contributed by atoms with Crippen molar-refractivity contribution in [2.75, 3.05) is 6.54 Å². The summed E-state index contributed by atoms with van der Waals surface area (Å²) in [6, 6.07) is 0.385. The number of hydrogen-bond donors (Lipinski definition) is 2. The smallest absolute Gasteiger partial charge is 0.222 e. The Balaban J connectivity index is 1.68. The molecule has 1 saturated carbocycles. The van der Waals surface area contributed by atoms with Crippen molar-refractivity contribution in [3.63, 3.8) is 0 Å². The maximum Gasteiger partial charge on any atom is 0.222 e. The molecule has 0 saturated heterocycles. The predicted octanol–water partition coefficient (Wildman–Crippen LogP) is 1.23. The largest absolute Gasteiger partial charge is 0.353 e. The molecule has 1 heterocycles. The average Bonchev–Trinajstić information content (AvgIpc) is 2.92. The maximum atomic E-state index is 11.9. The Morgan fingerprint density at radius 3 is 2.95 bits per heavy atom. The summed E-state index contributed by atoms with van der Waals surface area (Å²) >= 11 is 0. The van der Waals surface area contributed by atoms with E-state index >= 15 is 0 Å². The zero-order valence-electron chi connectivity index (χ0n) is 12.3.